The second-order valence-electron chi connectivity index (χ2n) is 3.41. The molecule has 0 saturated carbocycles. The van der Waals surface area contributed by atoms with Gasteiger partial charge in [-0.2, -0.15) is 0 Å². The highest BCUT2D eigenvalue weighted by atomic mass is 79.9. The highest BCUT2D eigenvalue weighted by molar-refractivity contribution is 8.93. The molecule has 0 atom stereocenters. The van der Waals surface area contributed by atoms with Crippen LogP contribution in [-0.4, -0.2) is 33.2 Å². The molecule has 1 rings (SSSR count). The third-order valence-corrected chi connectivity index (χ3v) is 2.11. The number of aliphatic imine (C=N–C) groups is 1. The van der Waals surface area contributed by atoms with Crippen molar-refractivity contribution in [1.29, 1.82) is 0 Å². The first-order valence-corrected chi connectivity index (χ1v) is 5.34. The van der Waals surface area contributed by atoms with Crippen molar-refractivity contribution in [2.24, 2.45) is 4.99 Å². The van der Waals surface area contributed by atoms with Crippen molar-refractivity contribution in [2.75, 3.05) is 27.2 Å². The summed E-state index contributed by atoms with van der Waals surface area (Å²) in [4.78, 5) is 4.00. The zero-order valence-corrected chi connectivity index (χ0v) is 12.2. The standard InChI is InChI=1S/C12H19N3O.BrH/c1-10-5-4-6-11(9-10)16-8-7-15-12(13-2)14-3;/h4-6,9H,7-8H2,1-3H3,(H2,13,14,15);1H. The number of hydrogen-bond acceptors (Lipinski definition) is 2. The summed E-state index contributed by atoms with van der Waals surface area (Å²) in [6.45, 7) is 3.39. The normalized spacial score (nSPS) is 10.4. The fourth-order valence-corrected chi connectivity index (χ4v) is 1.32. The van der Waals surface area contributed by atoms with E-state index < -0.39 is 0 Å². The third kappa shape index (κ3) is 6.16. The van der Waals surface area contributed by atoms with Gasteiger partial charge in [0.25, 0.3) is 0 Å². The van der Waals surface area contributed by atoms with E-state index in [-0.39, 0.29) is 17.0 Å². The van der Waals surface area contributed by atoms with Crippen LogP contribution in [-0.2, 0) is 0 Å². The number of hydrogen-bond donors (Lipinski definition) is 2. The third-order valence-electron chi connectivity index (χ3n) is 2.11. The van der Waals surface area contributed by atoms with Crippen LogP contribution in [0.1, 0.15) is 5.56 Å². The Hall–Kier alpha value is -1.23. The van der Waals surface area contributed by atoms with Gasteiger partial charge in [-0.05, 0) is 24.6 Å². The van der Waals surface area contributed by atoms with Gasteiger partial charge in [0.2, 0.25) is 0 Å². The topological polar surface area (TPSA) is 45.7 Å². The van der Waals surface area contributed by atoms with Gasteiger partial charge in [-0.15, -0.1) is 17.0 Å². The lowest BCUT2D eigenvalue weighted by Gasteiger charge is -2.10. The molecule has 2 N–H and O–H groups in total. The van der Waals surface area contributed by atoms with E-state index in [4.69, 9.17) is 4.74 Å². The number of halogens is 1. The number of benzene rings is 1. The van der Waals surface area contributed by atoms with Crippen LogP contribution in [0.5, 0.6) is 5.75 Å². The molecular weight excluding hydrogens is 282 g/mol. The molecular formula is C12H20BrN3O. The average molecular weight is 302 g/mol. The van der Waals surface area contributed by atoms with Crippen molar-refractivity contribution < 1.29 is 4.74 Å². The first kappa shape index (κ1) is 15.8. The molecule has 0 bridgehead atoms. The van der Waals surface area contributed by atoms with E-state index in [1.807, 2.05) is 38.2 Å². The van der Waals surface area contributed by atoms with Gasteiger partial charge >= 0.3 is 0 Å². The molecule has 1 aromatic rings. The summed E-state index contributed by atoms with van der Waals surface area (Å²) in [5, 5.41) is 6.06. The Morgan fingerprint density at radius 2 is 2.18 bits per heavy atom. The fraction of sp³-hybridized carbons (Fsp3) is 0.417. The minimum atomic E-state index is 0. The number of nitrogens with zero attached hydrogens (tertiary/aromatic N) is 1. The summed E-state index contributed by atoms with van der Waals surface area (Å²) in [7, 11) is 3.57. The highest BCUT2D eigenvalue weighted by Gasteiger charge is 1.95. The summed E-state index contributed by atoms with van der Waals surface area (Å²) in [6, 6.07) is 8.02. The van der Waals surface area contributed by atoms with Crippen LogP contribution in [0.4, 0.5) is 0 Å². The maximum Gasteiger partial charge on any atom is 0.190 e. The molecule has 0 heterocycles. The van der Waals surface area contributed by atoms with Crippen molar-refractivity contribution in [3.8, 4) is 5.75 Å². The molecule has 0 fully saturated rings. The monoisotopic (exact) mass is 301 g/mol. The van der Waals surface area contributed by atoms with Gasteiger partial charge in [0.1, 0.15) is 12.4 Å². The number of nitrogens with one attached hydrogen (secondary N) is 2. The van der Waals surface area contributed by atoms with E-state index in [1.165, 1.54) is 5.56 Å². The SMILES string of the molecule is Br.CN=C(NC)NCCOc1cccc(C)c1. The van der Waals surface area contributed by atoms with Gasteiger partial charge < -0.3 is 15.4 Å². The van der Waals surface area contributed by atoms with Crippen molar-refractivity contribution in [2.45, 2.75) is 6.92 Å². The lowest BCUT2D eigenvalue weighted by atomic mass is 10.2. The zero-order chi connectivity index (χ0) is 11.8. The summed E-state index contributed by atoms with van der Waals surface area (Å²) in [5.74, 6) is 1.68. The molecule has 4 nitrogen and oxygen atoms in total. The van der Waals surface area contributed by atoms with Crippen molar-refractivity contribution >= 4 is 22.9 Å². The molecule has 0 aliphatic heterocycles. The molecule has 0 radical (unpaired) electrons. The summed E-state index contributed by atoms with van der Waals surface area (Å²) in [5.41, 5.74) is 1.21. The van der Waals surface area contributed by atoms with Crippen molar-refractivity contribution in [3.63, 3.8) is 0 Å². The number of guanidine groups is 1. The van der Waals surface area contributed by atoms with Gasteiger partial charge in [0.05, 0.1) is 6.54 Å². The smallest absolute Gasteiger partial charge is 0.190 e. The van der Waals surface area contributed by atoms with Gasteiger partial charge in [-0.3, -0.25) is 4.99 Å². The molecule has 17 heavy (non-hydrogen) atoms. The van der Waals surface area contributed by atoms with Gasteiger partial charge in [0, 0.05) is 14.1 Å². The van der Waals surface area contributed by atoms with Crippen LogP contribution in [0.25, 0.3) is 0 Å². The molecule has 96 valence electrons. The molecule has 1 aromatic carbocycles. The van der Waals surface area contributed by atoms with E-state index in [2.05, 4.69) is 15.6 Å². The van der Waals surface area contributed by atoms with Crippen molar-refractivity contribution in [1.82, 2.24) is 10.6 Å². The Labute approximate surface area is 113 Å². The Balaban J connectivity index is 0.00000256. The predicted octanol–water partition coefficient (Wildman–Crippen LogP) is 1.75. The molecule has 0 unspecified atom stereocenters. The molecule has 0 spiro atoms. The summed E-state index contributed by atoms with van der Waals surface area (Å²) >= 11 is 0. The second kappa shape index (κ2) is 8.87. The second-order valence-corrected chi connectivity index (χ2v) is 3.41. The Morgan fingerprint density at radius 1 is 1.41 bits per heavy atom. The Bertz CT molecular complexity index is 355. The van der Waals surface area contributed by atoms with Gasteiger partial charge in [-0.25, -0.2) is 0 Å². The van der Waals surface area contributed by atoms with Crippen LogP contribution in [0, 0.1) is 6.92 Å². The van der Waals surface area contributed by atoms with E-state index in [0.717, 1.165) is 18.3 Å². The van der Waals surface area contributed by atoms with Crippen LogP contribution < -0.4 is 15.4 Å². The molecule has 0 aromatic heterocycles. The number of rotatable bonds is 4. The van der Waals surface area contributed by atoms with E-state index >= 15 is 0 Å². The number of aryl methyl sites for hydroxylation is 1. The van der Waals surface area contributed by atoms with Crippen LogP contribution in [0.3, 0.4) is 0 Å². The first-order valence-electron chi connectivity index (χ1n) is 5.34. The fourth-order valence-electron chi connectivity index (χ4n) is 1.32. The predicted molar refractivity (Wildman–Crippen MR) is 77.4 cm³/mol. The lowest BCUT2D eigenvalue weighted by molar-refractivity contribution is 0.322. The summed E-state index contributed by atoms with van der Waals surface area (Å²) in [6.07, 6.45) is 0. The Morgan fingerprint density at radius 3 is 2.76 bits per heavy atom. The van der Waals surface area contributed by atoms with E-state index in [1.54, 1.807) is 7.05 Å². The highest BCUT2D eigenvalue weighted by Crippen LogP contribution is 2.11. The first-order chi connectivity index (χ1) is 7.76. The summed E-state index contributed by atoms with van der Waals surface area (Å²) < 4.78 is 5.58. The van der Waals surface area contributed by atoms with E-state index in [9.17, 15) is 0 Å². The molecule has 0 saturated heterocycles. The molecule has 0 amide bonds. The van der Waals surface area contributed by atoms with Crippen LogP contribution >= 0.6 is 17.0 Å². The largest absolute Gasteiger partial charge is 0.492 e. The molecule has 0 aliphatic carbocycles. The maximum absolute atomic E-state index is 5.58. The average Bonchev–Trinajstić information content (AvgIpc) is 2.29. The van der Waals surface area contributed by atoms with Gasteiger partial charge in [0.15, 0.2) is 5.96 Å². The van der Waals surface area contributed by atoms with Crippen LogP contribution in [0.15, 0.2) is 29.3 Å². The van der Waals surface area contributed by atoms with E-state index in [0.29, 0.717) is 6.61 Å². The van der Waals surface area contributed by atoms with Crippen LogP contribution in [0.2, 0.25) is 0 Å². The minimum absolute atomic E-state index is 0. The quantitative estimate of drug-likeness (QED) is 0.506. The maximum atomic E-state index is 5.58. The molecule has 0 aliphatic rings. The zero-order valence-electron chi connectivity index (χ0n) is 10.5. The molecule has 5 heteroatoms. The van der Waals surface area contributed by atoms with Crippen molar-refractivity contribution in [3.05, 3.63) is 29.8 Å². The number of ether oxygens (including phenoxy) is 1. The van der Waals surface area contributed by atoms with Gasteiger partial charge in [-0.1, -0.05) is 12.1 Å². The lowest BCUT2D eigenvalue weighted by Crippen LogP contribution is -2.37. The minimum Gasteiger partial charge on any atom is -0.492 e. The Kier molecular flexibility index (Phi) is 8.23.